The molecule has 1 amide bonds. The molecule has 1 aliphatic heterocycles. The number of hydrogen-bond donors (Lipinski definition) is 0. The Morgan fingerprint density at radius 1 is 1.10 bits per heavy atom. The molecule has 1 aromatic carbocycles. The maximum Gasteiger partial charge on any atom is 0.417 e. The highest BCUT2D eigenvalue weighted by molar-refractivity contribution is 5.88. The van der Waals surface area contributed by atoms with Gasteiger partial charge in [0.2, 0.25) is 5.91 Å². The highest BCUT2D eigenvalue weighted by Gasteiger charge is 2.31. The number of ether oxygens (including phenoxy) is 1. The van der Waals surface area contributed by atoms with Crippen LogP contribution in [0.25, 0.3) is 10.9 Å². The van der Waals surface area contributed by atoms with E-state index >= 15 is 0 Å². The zero-order valence-corrected chi connectivity index (χ0v) is 16.4. The summed E-state index contributed by atoms with van der Waals surface area (Å²) >= 11 is 0. The van der Waals surface area contributed by atoms with E-state index in [9.17, 15) is 18.0 Å². The Balaban J connectivity index is 1.38. The number of alkyl halides is 3. The molecule has 0 spiro atoms. The van der Waals surface area contributed by atoms with Crippen molar-refractivity contribution in [3.8, 4) is 5.75 Å². The number of fused-ring (bicyclic) bond motifs is 1. The van der Waals surface area contributed by atoms with E-state index in [0.29, 0.717) is 32.0 Å². The third kappa shape index (κ3) is 3.92. The van der Waals surface area contributed by atoms with Crippen molar-refractivity contribution < 1.29 is 22.7 Å². The summed E-state index contributed by atoms with van der Waals surface area (Å²) in [5, 5.41) is 0.950. The first-order valence-corrected chi connectivity index (χ1v) is 9.54. The number of hydrogen-bond acceptors (Lipinski definition) is 4. The van der Waals surface area contributed by atoms with Crippen molar-refractivity contribution in [1.82, 2.24) is 14.5 Å². The molecule has 0 unspecified atom stereocenters. The molecule has 158 valence electrons. The number of aromatic nitrogens is 2. The lowest BCUT2D eigenvalue weighted by Gasteiger charge is -2.35. The molecular weight excluding hydrogens is 397 g/mol. The summed E-state index contributed by atoms with van der Waals surface area (Å²) in [5.74, 6) is 1.24. The number of methoxy groups -OCH3 is 1. The van der Waals surface area contributed by atoms with Crippen molar-refractivity contribution in [3.63, 3.8) is 0 Å². The first kappa shape index (κ1) is 20.1. The lowest BCUT2D eigenvalue weighted by molar-refractivity contribution is -0.138. The van der Waals surface area contributed by atoms with E-state index in [1.807, 2.05) is 39.9 Å². The van der Waals surface area contributed by atoms with Crippen LogP contribution in [0.3, 0.4) is 0 Å². The highest BCUT2D eigenvalue weighted by Crippen LogP contribution is 2.29. The van der Waals surface area contributed by atoms with Gasteiger partial charge in [-0.1, -0.05) is 6.07 Å². The van der Waals surface area contributed by atoms with Crippen LogP contribution < -0.4 is 9.64 Å². The summed E-state index contributed by atoms with van der Waals surface area (Å²) < 4.78 is 45.3. The second-order valence-corrected chi connectivity index (χ2v) is 7.11. The van der Waals surface area contributed by atoms with E-state index in [1.54, 1.807) is 12.0 Å². The van der Waals surface area contributed by atoms with E-state index in [2.05, 4.69) is 4.98 Å². The maximum absolute atomic E-state index is 12.8. The van der Waals surface area contributed by atoms with Gasteiger partial charge in [-0.3, -0.25) is 4.79 Å². The summed E-state index contributed by atoms with van der Waals surface area (Å²) in [7, 11) is 1.61. The number of amides is 1. The summed E-state index contributed by atoms with van der Waals surface area (Å²) in [6.45, 7) is 2.23. The Kier molecular flexibility index (Phi) is 5.27. The summed E-state index contributed by atoms with van der Waals surface area (Å²) in [4.78, 5) is 20.4. The van der Waals surface area contributed by atoms with Crippen LogP contribution in [0.4, 0.5) is 19.0 Å². The van der Waals surface area contributed by atoms with E-state index in [0.717, 1.165) is 28.9 Å². The number of piperazine rings is 1. The SMILES string of the molecule is COc1cccc2c1ccn2CC(=O)N1CCN(c2ccc(C(F)(F)F)cn2)CC1. The molecule has 1 aliphatic rings. The molecular formula is C21H21F3N4O2. The molecule has 3 heterocycles. The third-order valence-corrected chi connectivity index (χ3v) is 5.33. The minimum absolute atomic E-state index is 0.00431. The van der Waals surface area contributed by atoms with Gasteiger partial charge in [0.25, 0.3) is 0 Å². The Hall–Kier alpha value is -3.23. The van der Waals surface area contributed by atoms with E-state index in [1.165, 1.54) is 6.07 Å². The van der Waals surface area contributed by atoms with Crippen molar-refractivity contribution in [1.29, 1.82) is 0 Å². The van der Waals surface area contributed by atoms with Gasteiger partial charge >= 0.3 is 6.18 Å². The number of benzene rings is 1. The topological polar surface area (TPSA) is 50.6 Å². The molecule has 0 N–H and O–H groups in total. The van der Waals surface area contributed by atoms with Crippen LogP contribution in [0.1, 0.15) is 5.56 Å². The Bertz CT molecular complexity index is 1040. The van der Waals surface area contributed by atoms with Gasteiger partial charge in [-0.25, -0.2) is 4.98 Å². The van der Waals surface area contributed by atoms with Crippen LogP contribution in [0.5, 0.6) is 5.75 Å². The molecule has 6 nitrogen and oxygen atoms in total. The van der Waals surface area contributed by atoms with Gasteiger partial charge in [-0.05, 0) is 30.3 Å². The average Bonchev–Trinajstić information content (AvgIpc) is 3.16. The van der Waals surface area contributed by atoms with Gasteiger partial charge in [0.1, 0.15) is 18.1 Å². The third-order valence-electron chi connectivity index (χ3n) is 5.33. The zero-order valence-electron chi connectivity index (χ0n) is 16.4. The number of halogens is 3. The monoisotopic (exact) mass is 418 g/mol. The van der Waals surface area contributed by atoms with Crippen LogP contribution in [0.15, 0.2) is 48.8 Å². The van der Waals surface area contributed by atoms with Crippen LogP contribution in [0.2, 0.25) is 0 Å². The summed E-state index contributed by atoms with van der Waals surface area (Å²) in [5.41, 5.74) is 0.158. The fourth-order valence-electron chi connectivity index (χ4n) is 3.68. The molecule has 4 rings (SSSR count). The fraction of sp³-hybridized carbons (Fsp3) is 0.333. The summed E-state index contributed by atoms with van der Waals surface area (Å²) in [6, 6.07) is 10.0. The van der Waals surface area contributed by atoms with Crippen LogP contribution in [0, 0.1) is 0 Å². The fourth-order valence-corrected chi connectivity index (χ4v) is 3.68. The molecule has 1 fully saturated rings. The number of anilines is 1. The number of rotatable bonds is 4. The minimum atomic E-state index is -4.40. The van der Waals surface area contributed by atoms with Crippen molar-refractivity contribution in [2.45, 2.75) is 12.7 Å². The van der Waals surface area contributed by atoms with Crippen LogP contribution in [-0.2, 0) is 17.5 Å². The Labute approximate surface area is 171 Å². The van der Waals surface area contributed by atoms with Gasteiger partial charge in [0, 0.05) is 44.0 Å². The van der Waals surface area contributed by atoms with Crippen LogP contribution in [-0.4, -0.2) is 53.6 Å². The second-order valence-electron chi connectivity index (χ2n) is 7.11. The normalized spacial score (nSPS) is 14.9. The maximum atomic E-state index is 12.8. The van der Waals surface area contributed by atoms with Gasteiger partial charge in [0.15, 0.2) is 0 Å². The van der Waals surface area contributed by atoms with E-state index in [-0.39, 0.29) is 12.5 Å². The molecule has 9 heteroatoms. The van der Waals surface area contributed by atoms with Crippen molar-refractivity contribution in [2.24, 2.45) is 0 Å². The standard InChI is InChI=1S/C21H21F3N4O2/c1-30-18-4-2-3-17-16(18)7-8-28(17)14-20(29)27-11-9-26(10-12-27)19-6-5-15(13-25-19)21(22,23)24/h2-8,13H,9-12,14H2,1H3. The first-order valence-electron chi connectivity index (χ1n) is 9.54. The predicted molar refractivity (Wildman–Crippen MR) is 107 cm³/mol. The predicted octanol–water partition coefficient (Wildman–Crippen LogP) is 3.41. The second kappa shape index (κ2) is 7.89. The molecule has 3 aromatic rings. The lowest BCUT2D eigenvalue weighted by Crippen LogP contribution is -2.49. The van der Waals surface area contributed by atoms with E-state index < -0.39 is 11.7 Å². The summed E-state index contributed by atoms with van der Waals surface area (Å²) in [6.07, 6.45) is -1.69. The van der Waals surface area contributed by atoms with Crippen molar-refractivity contribution in [2.75, 3.05) is 38.2 Å². The average molecular weight is 418 g/mol. The zero-order chi connectivity index (χ0) is 21.3. The molecule has 0 aliphatic carbocycles. The smallest absolute Gasteiger partial charge is 0.417 e. The largest absolute Gasteiger partial charge is 0.496 e. The van der Waals surface area contributed by atoms with Gasteiger partial charge in [0.05, 0.1) is 18.2 Å². The van der Waals surface area contributed by atoms with Crippen LogP contribution >= 0.6 is 0 Å². The van der Waals surface area contributed by atoms with Gasteiger partial charge in [-0.15, -0.1) is 0 Å². The van der Waals surface area contributed by atoms with E-state index in [4.69, 9.17) is 4.74 Å². The minimum Gasteiger partial charge on any atom is -0.496 e. The molecule has 0 radical (unpaired) electrons. The van der Waals surface area contributed by atoms with Gasteiger partial charge in [-0.2, -0.15) is 13.2 Å². The molecule has 0 saturated carbocycles. The Morgan fingerprint density at radius 3 is 2.50 bits per heavy atom. The number of pyridine rings is 1. The molecule has 0 atom stereocenters. The molecule has 0 bridgehead atoms. The lowest BCUT2D eigenvalue weighted by atomic mass is 10.2. The molecule has 1 saturated heterocycles. The quantitative estimate of drug-likeness (QED) is 0.652. The number of carbonyl (C=O) groups is 1. The first-order chi connectivity index (χ1) is 14.4. The van der Waals surface area contributed by atoms with Gasteiger partial charge < -0.3 is 19.1 Å². The number of carbonyl (C=O) groups excluding carboxylic acids is 1. The molecule has 2 aromatic heterocycles. The highest BCUT2D eigenvalue weighted by atomic mass is 19.4. The number of nitrogens with zero attached hydrogens (tertiary/aromatic N) is 4. The van der Waals surface area contributed by atoms with Crippen molar-refractivity contribution in [3.05, 3.63) is 54.4 Å². The Morgan fingerprint density at radius 2 is 1.87 bits per heavy atom. The van der Waals surface area contributed by atoms with Crippen molar-refractivity contribution >= 4 is 22.6 Å². The molecule has 30 heavy (non-hydrogen) atoms.